The van der Waals surface area contributed by atoms with Crippen molar-refractivity contribution in [1.29, 1.82) is 0 Å². The van der Waals surface area contributed by atoms with Crippen molar-refractivity contribution in [2.24, 2.45) is 0 Å². The number of halogens is 1. The van der Waals surface area contributed by atoms with Crippen LogP contribution in [0.3, 0.4) is 0 Å². The van der Waals surface area contributed by atoms with Crippen LogP contribution in [-0.4, -0.2) is 11.7 Å². The van der Waals surface area contributed by atoms with Gasteiger partial charge in [-0.15, -0.1) is 0 Å². The monoisotopic (exact) mass is 259 g/mol. The van der Waals surface area contributed by atoms with Gasteiger partial charge in [-0.1, -0.05) is 24.3 Å². The molecule has 0 amide bonds. The molecule has 0 heterocycles. The van der Waals surface area contributed by atoms with E-state index >= 15 is 0 Å². The van der Waals surface area contributed by atoms with Crippen LogP contribution in [0.5, 0.6) is 0 Å². The van der Waals surface area contributed by atoms with Crippen LogP contribution >= 0.6 is 0 Å². The number of hydrogen-bond acceptors (Lipinski definition) is 2. The first-order chi connectivity index (χ1) is 9.13. The van der Waals surface area contributed by atoms with Gasteiger partial charge in [0, 0.05) is 23.5 Å². The minimum absolute atomic E-state index is 0.259. The summed E-state index contributed by atoms with van der Waals surface area (Å²) in [5.41, 5.74) is 2.54. The Balaban J connectivity index is 2.48. The number of rotatable bonds is 4. The summed E-state index contributed by atoms with van der Waals surface area (Å²) < 4.78 is 13.4. The minimum atomic E-state index is -0.557. The molecule has 0 saturated heterocycles. The molecule has 0 aliphatic carbocycles. The number of aliphatic hydroxyl groups excluding tert-OH is 1. The van der Waals surface area contributed by atoms with Crippen LogP contribution in [0.1, 0.15) is 25.5 Å². The zero-order chi connectivity index (χ0) is 13.8. The quantitative estimate of drug-likeness (QED) is 0.895. The Hall–Kier alpha value is -1.87. The minimum Gasteiger partial charge on any atom is -0.389 e. The van der Waals surface area contributed by atoms with Crippen molar-refractivity contribution in [3.05, 3.63) is 59.9 Å². The van der Waals surface area contributed by atoms with Gasteiger partial charge in [0.15, 0.2) is 0 Å². The molecule has 2 aromatic rings. The smallest absolute Gasteiger partial charge is 0.125 e. The Morgan fingerprint density at radius 1 is 1.16 bits per heavy atom. The van der Waals surface area contributed by atoms with Crippen LogP contribution in [0.25, 0.3) is 0 Å². The average Bonchev–Trinajstić information content (AvgIpc) is 2.40. The second-order valence-electron chi connectivity index (χ2n) is 4.46. The zero-order valence-electron chi connectivity index (χ0n) is 11.2. The van der Waals surface area contributed by atoms with E-state index in [0.29, 0.717) is 6.54 Å². The fourth-order valence-electron chi connectivity index (χ4n) is 2.22. The normalized spacial score (nSPS) is 12.2. The second-order valence-corrected chi connectivity index (χ2v) is 4.46. The van der Waals surface area contributed by atoms with Crippen molar-refractivity contribution in [2.75, 3.05) is 11.4 Å². The predicted octanol–water partition coefficient (Wildman–Crippen LogP) is 4.04. The lowest BCUT2D eigenvalue weighted by Crippen LogP contribution is -2.18. The third-order valence-corrected chi connectivity index (χ3v) is 3.11. The largest absolute Gasteiger partial charge is 0.389 e. The molecule has 2 aromatic carbocycles. The summed E-state index contributed by atoms with van der Waals surface area (Å²) in [6.07, 6.45) is -0.557. The highest BCUT2D eigenvalue weighted by Gasteiger charge is 2.14. The molecule has 2 rings (SSSR count). The van der Waals surface area contributed by atoms with Crippen molar-refractivity contribution in [2.45, 2.75) is 20.0 Å². The Morgan fingerprint density at radius 3 is 2.53 bits per heavy atom. The van der Waals surface area contributed by atoms with Crippen molar-refractivity contribution in [1.82, 2.24) is 0 Å². The van der Waals surface area contributed by atoms with Crippen molar-refractivity contribution in [3.63, 3.8) is 0 Å². The van der Waals surface area contributed by atoms with E-state index in [1.165, 1.54) is 12.1 Å². The first-order valence-electron chi connectivity index (χ1n) is 6.43. The topological polar surface area (TPSA) is 23.5 Å². The summed E-state index contributed by atoms with van der Waals surface area (Å²) in [6, 6.07) is 14.1. The molecule has 0 radical (unpaired) electrons. The second kappa shape index (κ2) is 5.85. The fourth-order valence-corrected chi connectivity index (χ4v) is 2.22. The molecular weight excluding hydrogens is 241 g/mol. The van der Waals surface area contributed by atoms with E-state index in [9.17, 15) is 9.50 Å². The zero-order valence-corrected chi connectivity index (χ0v) is 11.2. The summed E-state index contributed by atoms with van der Waals surface area (Å²) in [5, 5.41) is 9.85. The maximum Gasteiger partial charge on any atom is 0.125 e. The van der Waals surface area contributed by atoms with Gasteiger partial charge in [-0.25, -0.2) is 4.39 Å². The maximum atomic E-state index is 13.4. The van der Waals surface area contributed by atoms with E-state index in [0.717, 1.165) is 16.9 Å². The van der Waals surface area contributed by atoms with Gasteiger partial charge in [0.1, 0.15) is 5.82 Å². The Kier molecular flexibility index (Phi) is 4.17. The molecule has 0 spiro atoms. The third-order valence-electron chi connectivity index (χ3n) is 3.11. The summed E-state index contributed by atoms with van der Waals surface area (Å²) in [5.74, 6) is -0.259. The highest BCUT2D eigenvalue weighted by molar-refractivity contribution is 5.66. The number of anilines is 2. The molecule has 0 aliphatic heterocycles. The molecular formula is C16H18FNO. The molecule has 0 aromatic heterocycles. The van der Waals surface area contributed by atoms with Crippen LogP contribution in [0.15, 0.2) is 48.5 Å². The van der Waals surface area contributed by atoms with E-state index in [1.807, 2.05) is 42.2 Å². The summed E-state index contributed by atoms with van der Waals surface area (Å²) in [7, 11) is 0. The molecule has 0 bridgehead atoms. The molecule has 3 heteroatoms. The predicted molar refractivity (Wildman–Crippen MR) is 76.2 cm³/mol. The lowest BCUT2D eigenvalue weighted by Gasteiger charge is -2.26. The van der Waals surface area contributed by atoms with Crippen LogP contribution in [0, 0.1) is 5.82 Å². The first kappa shape index (κ1) is 13.6. The Morgan fingerprint density at radius 2 is 1.89 bits per heavy atom. The summed E-state index contributed by atoms with van der Waals surface area (Å²) in [4.78, 5) is 1.99. The lowest BCUT2D eigenvalue weighted by atomic mass is 10.1. The maximum absolute atomic E-state index is 13.4. The van der Waals surface area contributed by atoms with Crippen molar-refractivity contribution < 1.29 is 9.50 Å². The SMILES string of the molecule is CCN(c1cccc(F)c1)c1ccccc1C(C)O. The van der Waals surface area contributed by atoms with Gasteiger partial charge in [-0.2, -0.15) is 0 Å². The van der Waals surface area contributed by atoms with Crippen molar-refractivity contribution >= 4 is 11.4 Å². The number of aliphatic hydroxyl groups is 1. The molecule has 0 aliphatic rings. The van der Waals surface area contributed by atoms with Crippen LogP contribution < -0.4 is 4.90 Å². The van der Waals surface area contributed by atoms with E-state index in [-0.39, 0.29) is 5.82 Å². The van der Waals surface area contributed by atoms with E-state index in [2.05, 4.69) is 0 Å². The van der Waals surface area contributed by atoms with Gasteiger partial charge >= 0.3 is 0 Å². The van der Waals surface area contributed by atoms with Crippen LogP contribution in [-0.2, 0) is 0 Å². The fraction of sp³-hybridized carbons (Fsp3) is 0.250. The Bertz CT molecular complexity index is 554. The van der Waals surface area contributed by atoms with Gasteiger partial charge in [0.05, 0.1) is 6.10 Å². The number of nitrogens with zero attached hydrogens (tertiary/aromatic N) is 1. The number of para-hydroxylation sites is 1. The molecule has 0 saturated carbocycles. The number of benzene rings is 2. The highest BCUT2D eigenvalue weighted by atomic mass is 19.1. The molecule has 1 N–H and O–H groups in total. The van der Waals surface area contributed by atoms with Crippen LogP contribution in [0.4, 0.5) is 15.8 Å². The van der Waals surface area contributed by atoms with E-state index < -0.39 is 6.10 Å². The summed E-state index contributed by atoms with van der Waals surface area (Å²) in [6.45, 7) is 4.44. The van der Waals surface area contributed by atoms with E-state index in [1.54, 1.807) is 13.0 Å². The lowest BCUT2D eigenvalue weighted by molar-refractivity contribution is 0.200. The van der Waals surface area contributed by atoms with Gasteiger partial charge < -0.3 is 10.0 Å². The third kappa shape index (κ3) is 2.93. The molecule has 1 atom stereocenters. The standard InChI is InChI=1S/C16H18FNO/c1-3-18(14-8-6-7-13(17)11-14)16-10-5-4-9-15(16)12(2)19/h4-12,19H,3H2,1-2H3. The molecule has 2 nitrogen and oxygen atoms in total. The summed E-state index contributed by atoms with van der Waals surface area (Å²) >= 11 is 0. The average molecular weight is 259 g/mol. The molecule has 1 unspecified atom stereocenters. The van der Waals surface area contributed by atoms with Crippen LogP contribution in [0.2, 0.25) is 0 Å². The Labute approximate surface area is 113 Å². The van der Waals surface area contributed by atoms with Gasteiger partial charge in [0.2, 0.25) is 0 Å². The number of hydrogen-bond donors (Lipinski definition) is 1. The van der Waals surface area contributed by atoms with Gasteiger partial charge in [-0.3, -0.25) is 0 Å². The first-order valence-corrected chi connectivity index (χ1v) is 6.43. The highest BCUT2D eigenvalue weighted by Crippen LogP contribution is 2.31. The van der Waals surface area contributed by atoms with Crippen molar-refractivity contribution in [3.8, 4) is 0 Å². The molecule has 19 heavy (non-hydrogen) atoms. The molecule has 0 fully saturated rings. The van der Waals surface area contributed by atoms with Gasteiger partial charge in [-0.05, 0) is 38.1 Å². The van der Waals surface area contributed by atoms with Gasteiger partial charge in [0.25, 0.3) is 0 Å². The van der Waals surface area contributed by atoms with E-state index in [4.69, 9.17) is 0 Å². The molecule has 100 valence electrons.